The van der Waals surface area contributed by atoms with Gasteiger partial charge in [-0.25, -0.2) is 0 Å². The summed E-state index contributed by atoms with van der Waals surface area (Å²) in [4.78, 5) is 15.9. The highest BCUT2D eigenvalue weighted by Gasteiger charge is 2.10. The molecule has 0 aliphatic carbocycles. The molecule has 1 rings (SSSR count). The van der Waals surface area contributed by atoms with Gasteiger partial charge in [0.2, 0.25) is 0 Å². The van der Waals surface area contributed by atoms with E-state index in [9.17, 15) is 4.79 Å². The van der Waals surface area contributed by atoms with Crippen LogP contribution in [0.25, 0.3) is 0 Å². The minimum Gasteiger partial charge on any atom is -0.396 e. The molecule has 1 atom stereocenters. The largest absolute Gasteiger partial charge is 0.396 e. The number of aliphatic hydroxyl groups is 1. The van der Waals surface area contributed by atoms with Crippen molar-refractivity contribution in [1.82, 2.24) is 10.3 Å². The third kappa shape index (κ3) is 3.43. The average molecular weight is 214 g/mol. The fourth-order valence-corrected chi connectivity index (χ4v) is 1.62. The quantitative estimate of drug-likeness (QED) is 0.769. The maximum absolute atomic E-state index is 11.5. The summed E-state index contributed by atoms with van der Waals surface area (Å²) in [6.07, 6.45) is 3.06. The van der Waals surface area contributed by atoms with Crippen LogP contribution in [0.5, 0.6) is 0 Å². The molecular formula is C9H14N2O2S. The number of nitrogens with zero attached hydrogens (tertiary/aromatic N) is 1. The van der Waals surface area contributed by atoms with Crippen LogP contribution in [0.2, 0.25) is 0 Å². The summed E-state index contributed by atoms with van der Waals surface area (Å²) in [6.45, 7) is 2.09. The Kier molecular flexibility index (Phi) is 4.55. The second-order valence-electron chi connectivity index (χ2n) is 3.11. The molecule has 1 unspecified atom stereocenters. The van der Waals surface area contributed by atoms with Crippen LogP contribution in [0.4, 0.5) is 0 Å². The van der Waals surface area contributed by atoms with E-state index >= 15 is 0 Å². The first kappa shape index (κ1) is 11.1. The number of carbonyl (C=O) groups excluding carboxylic acids is 1. The topological polar surface area (TPSA) is 62.2 Å². The Morgan fingerprint density at radius 3 is 3.14 bits per heavy atom. The van der Waals surface area contributed by atoms with Crippen LogP contribution in [0.1, 0.15) is 29.4 Å². The highest BCUT2D eigenvalue weighted by atomic mass is 32.1. The summed E-state index contributed by atoms with van der Waals surface area (Å²) in [7, 11) is 0. The van der Waals surface area contributed by atoms with Crippen molar-refractivity contribution < 1.29 is 9.90 Å². The number of hydrogen-bond donors (Lipinski definition) is 2. The van der Waals surface area contributed by atoms with Gasteiger partial charge in [-0.05, 0) is 19.8 Å². The first-order valence-electron chi connectivity index (χ1n) is 4.54. The van der Waals surface area contributed by atoms with E-state index in [2.05, 4.69) is 10.3 Å². The van der Waals surface area contributed by atoms with Crippen molar-refractivity contribution in [3.8, 4) is 0 Å². The number of aromatic nitrogens is 1. The summed E-state index contributed by atoms with van der Waals surface area (Å²) < 4.78 is 0. The van der Waals surface area contributed by atoms with E-state index in [1.807, 2.05) is 6.92 Å². The first-order chi connectivity index (χ1) is 6.74. The van der Waals surface area contributed by atoms with E-state index in [-0.39, 0.29) is 18.6 Å². The van der Waals surface area contributed by atoms with Crippen molar-refractivity contribution in [3.63, 3.8) is 0 Å². The molecule has 0 saturated carbocycles. The maximum Gasteiger partial charge on any atom is 0.263 e. The van der Waals surface area contributed by atoms with Crippen molar-refractivity contribution in [3.05, 3.63) is 16.6 Å². The van der Waals surface area contributed by atoms with Gasteiger partial charge in [0, 0.05) is 12.6 Å². The fraction of sp³-hybridized carbons (Fsp3) is 0.556. The third-order valence-electron chi connectivity index (χ3n) is 1.83. The van der Waals surface area contributed by atoms with Crippen molar-refractivity contribution in [2.75, 3.05) is 6.61 Å². The molecule has 78 valence electrons. The summed E-state index contributed by atoms with van der Waals surface area (Å²) in [6, 6.07) is 0.0942. The van der Waals surface area contributed by atoms with Crippen LogP contribution in [-0.2, 0) is 0 Å². The van der Waals surface area contributed by atoms with E-state index in [0.29, 0.717) is 11.3 Å². The Balaban J connectivity index is 2.34. The Hall–Kier alpha value is -0.940. The lowest BCUT2D eigenvalue weighted by molar-refractivity contribution is 0.0940. The molecule has 0 saturated heterocycles. The summed E-state index contributed by atoms with van der Waals surface area (Å²) >= 11 is 1.32. The van der Waals surface area contributed by atoms with E-state index in [1.165, 1.54) is 11.3 Å². The molecule has 14 heavy (non-hydrogen) atoms. The standard InChI is InChI=1S/C9H14N2O2S/c1-7(3-2-4-12)11-9(13)8-5-10-6-14-8/h5-7,12H,2-4H2,1H3,(H,11,13). The molecule has 0 fully saturated rings. The van der Waals surface area contributed by atoms with Gasteiger partial charge in [0.25, 0.3) is 5.91 Å². The van der Waals surface area contributed by atoms with Crippen LogP contribution >= 0.6 is 11.3 Å². The Morgan fingerprint density at radius 2 is 2.57 bits per heavy atom. The van der Waals surface area contributed by atoms with Gasteiger partial charge in [-0.3, -0.25) is 9.78 Å². The second-order valence-corrected chi connectivity index (χ2v) is 3.99. The number of rotatable bonds is 5. The minimum atomic E-state index is -0.0852. The molecule has 0 bridgehead atoms. The third-order valence-corrected chi connectivity index (χ3v) is 2.60. The number of hydrogen-bond acceptors (Lipinski definition) is 4. The summed E-state index contributed by atoms with van der Waals surface area (Å²) in [5.74, 6) is -0.0852. The molecule has 0 aliphatic heterocycles. The lowest BCUT2D eigenvalue weighted by Gasteiger charge is -2.11. The maximum atomic E-state index is 11.5. The average Bonchev–Trinajstić information content (AvgIpc) is 2.67. The molecular weight excluding hydrogens is 200 g/mol. The van der Waals surface area contributed by atoms with E-state index in [1.54, 1.807) is 11.7 Å². The van der Waals surface area contributed by atoms with Crippen LogP contribution in [0, 0.1) is 0 Å². The second kappa shape index (κ2) is 5.72. The summed E-state index contributed by atoms with van der Waals surface area (Å²) in [5, 5.41) is 11.5. The molecule has 0 aromatic carbocycles. The Labute approximate surface area is 87.0 Å². The zero-order valence-corrected chi connectivity index (χ0v) is 8.88. The molecule has 2 N–H and O–H groups in total. The van der Waals surface area contributed by atoms with Crippen LogP contribution < -0.4 is 5.32 Å². The number of thiazole rings is 1. The van der Waals surface area contributed by atoms with E-state index < -0.39 is 0 Å². The van der Waals surface area contributed by atoms with Gasteiger partial charge in [-0.2, -0.15) is 0 Å². The normalized spacial score (nSPS) is 12.4. The molecule has 1 aromatic rings. The molecule has 0 spiro atoms. The van der Waals surface area contributed by atoms with E-state index in [4.69, 9.17) is 5.11 Å². The Bertz CT molecular complexity index is 274. The van der Waals surface area contributed by atoms with Gasteiger partial charge in [0.05, 0.1) is 11.7 Å². The molecule has 0 radical (unpaired) electrons. The van der Waals surface area contributed by atoms with Crippen LogP contribution in [0.3, 0.4) is 0 Å². The monoisotopic (exact) mass is 214 g/mol. The van der Waals surface area contributed by atoms with Gasteiger partial charge in [0.1, 0.15) is 4.88 Å². The molecule has 5 heteroatoms. The SMILES string of the molecule is CC(CCCO)NC(=O)c1cncs1. The Morgan fingerprint density at radius 1 is 1.79 bits per heavy atom. The van der Waals surface area contributed by atoms with Crippen molar-refractivity contribution in [1.29, 1.82) is 0 Å². The molecule has 1 heterocycles. The van der Waals surface area contributed by atoms with Crippen LogP contribution in [0.15, 0.2) is 11.7 Å². The lowest BCUT2D eigenvalue weighted by atomic mass is 10.2. The zero-order valence-electron chi connectivity index (χ0n) is 8.06. The molecule has 4 nitrogen and oxygen atoms in total. The van der Waals surface area contributed by atoms with Crippen molar-refractivity contribution in [2.24, 2.45) is 0 Å². The smallest absolute Gasteiger partial charge is 0.263 e. The number of nitrogens with one attached hydrogen (secondary N) is 1. The number of carbonyl (C=O) groups is 1. The van der Waals surface area contributed by atoms with Gasteiger partial charge in [-0.1, -0.05) is 0 Å². The molecule has 1 aromatic heterocycles. The van der Waals surface area contributed by atoms with Crippen molar-refractivity contribution >= 4 is 17.2 Å². The fourth-order valence-electron chi connectivity index (χ4n) is 1.09. The van der Waals surface area contributed by atoms with Gasteiger partial charge in [-0.15, -0.1) is 11.3 Å². The predicted molar refractivity (Wildman–Crippen MR) is 55.4 cm³/mol. The van der Waals surface area contributed by atoms with Gasteiger partial charge < -0.3 is 10.4 Å². The predicted octanol–water partition coefficient (Wildman–Crippen LogP) is 1.03. The highest BCUT2D eigenvalue weighted by molar-refractivity contribution is 7.11. The lowest BCUT2D eigenvalue weighted by Crippen LogP contribution is -2.32. The van der Waals surface area contributed by atoms with Crippen molar-refractivity contribution in [2.45, 2.75) is 25.8 Å². The highest BCUT2D eigenvalue weighted by Crippen LogP contribution is 2.06. The molecule has 1 amide bonds. The van der Waals surface area contributed by atoms with Gasteiger partial charge in [0.15, 0.2) is 0 Å². The number of amides is 1. The van der Waals surface area contributed by atoms with Gasteiger partial charge >= 0.3 is 0 Å². The minimum absolute atomic E-state index is 0.0852. The molecule has 0 aliphatic rings. The number of aliphatic hydroxyl groups excluding tert-OH is 1. The zero-order chi connectivity index (χ0) is 10.4. The summed E-state index contributed by atoms with van der Waals surface area (Å²) in [5.41, 5.74) is 1.63. The first-order valence-corrected chi connectivity index (χ1v) is 5.42. The van der Waals surface area contributed by atoms with Crippen LogP contribution in [-0.4, -0.2) is 28.6 Å². The van der Waals surface area contributed by atoms with E-state index in [0.717, 1.165) is 6.42 Å².